The van der Waals surface area contributed by atoms with Gasteiger partial charge in [0.05, 0.1) is 30.5 Å². The van der Waals surface area contributed by atoms with Gasteiger partial charge in [0.1, 0.15) is 12.3 Å². The lowest BCUT2D eigenvalue weighted by molar-refractivity contribution is -0.141. The van der Waals surface area contributed by atoms with Gasteiger partial charge in [-0.15, -0.1) is 0 Å². The van der Waals surface area contributed by atoms with Crippen molar-refractivity contribution in [2.24, 2.45) is 4.76 Å². The van der Waals surface area contributed by atoms with E-state index in [9.17, 15) is 17.8 Å². The lowest BCUT2D eigenvalue weighted by Crippen LogP contribution is -2.27. The Bertz CT molecular complexity index is 852. The molecule has 0 bridgehead atoms. The summed E-state index contributed by atoms with van der Waals surface area (Å²) in [7, 11) is -7.13. The number of hydrogen-bond acceptors (Lipinski definition) is 7. The van der Waals surface area contributed by atoms with Gasteiger partial charge in [-0.05, 0) is 32.0 Å². The van der Waals surface area contributed by atoms with Gasteiger partial charge in [0, 0.05) is 5.69 Å². The number of hydrogen-bond donors (Lipinski definition) is 2. The molecule has 0 radical (unpaired) electrons. The molecule has 0 aliphatic carbocycles. The van der Waals surface area contributed by atoms with Gasteiger partial charge in [-0.25, -0.2) is 8.42 Å². The van der Waals surface area contributed by atoms with Crippen LogP contribution >= 0.6 is 7.52 Å². The molecular formula is C14H20N3O6PS. The molecule has 1 aromatic carbocycles. The molecule has 0 aromatic heterocycles. The zero-order chi connectivity index (χ0) is 18.7. The Hall–Kier alpha value is -1.90. The molecule has 11 heteroatoms. The van der Waals surface area contributed by atoms with E-state index in [0.29, 0.717) is 5.69 Å². The number of carbonyl (C=O) groups excluding carboxylic acids is 1. The van der Waals surface area contributed by atoms with Crippen molar-refractivity contribution in [3.8, 4) is 0 Å². The topological polar surface area (TPSA) is 123 Å². The maximum atomic E-state index is 13.1. The second-order valence-corrected chi connectivity index (χ2v) is 8.93. The zero-order valence-corrected chi connectivity index (χ0v) is 15.8. The molecule has 9 nitrogen and oxygen atoms in total. The summed E-state index contributed by atoms with van der Waals surface area (Å²) in [6.45, 7) is 3.72. The second kappa shape index (κ2) is 7.55. The summed E-state index contributed by atoms with van der Waals surface area (Å²) in [5.74, 6) is -0.331. The minimum Gasteiger partial charge on any atom is -0.466 e. The van der Waals surface area contributed by atoms with Gasteiger partial charge >= 0.3 is 13.5 Å². The Balaban J connectivity index is 2.40. The highest BCUT2D eigenvalue weighted by atomic mass is 32.2. The van der Waals surface area contributed by atoms with E-state index in [-0.39, 0.29) is 36.5 Å². The molecule has 0 spiro atoms. The third-order valence-electron chi connectivity index (χ3n) is 3.06. The van der Waals surface area contributed by atoms with E-state index in [1.807, 2.05) is 0 Å². The van der Waals surface area contributed by atoms with Crippen LogP contribution in [0.4, 0.5) is 11.4 Å². The van der Waals surface area contributed by atoms with Gasteiger partial charge in [0.15, 0.2) is 0 Å². The van der Waals surface area contributed by atoms with Crippen molar-refractivity contribution in [3.63, 3.8) is 0 Å². The fourth-order valence-corrected chi connectivity index (χ4v) is 4.63. The van der Waals surface area contributed by atoms with Crippen LogP contribution in [0.2, 0.25) is 0 Å². The minimum atomic E-state index is -3.64. The smallest absolute Gasteiger partial charge is 0.348 e. The molecule has 0 amide bonds. The number of carbonyl (C=O) groups is 1. The van der Waals surface area contributed by atoms with Crippen molar-refractivity contribution >= 4 is 46.0 Å². The first-order valence-corrected chi connectivity index (χ1v) is 11.0. The van der Waals surface area contributed by atoms with Gasteiger partial charge in [-0.1, -0.05) is 0 Å². The highest BCUT2D eigenvalue weighted by molar-refractivity contribution is 7.92. The van der Waals surface area contributed by atoms with Crippen LogP contribution in [-0.4, -0.2) is 39.7 Å². The van der Waals surface area contributed by atoms with Crippen LogP contribution in [0.25, 0.3) is 0 Å². The second-order valence-electron chi connectivity index (χ2n) is 5.20. The number of nitrogens with one attached hydrogen (secondary N) is 2. The molecule has 0 saturated carbocycles. The predicted octanol–water partition coefficient (Wildman–Crippen LogP) is 1.69. The van der Waals surface area contributed by atoms with E-state index in [4.69, 9.17) is 9.26 Å². The number of anilines is 2. The van der Waals surface area contributed by atoms with Gasteiger partial charge in [-0.3, -0.25) is 14.1 Å². The third kappa shape index (κ3) is 5.04. The summed E-state index contributed by atoms with van der Waals surface area (Å²) in [6.07, 6.45) is 0.843. The molecule has 1 heterocycles. The van der Waals surface area contributed by atoms with Crippen LogP contribution in [0, 0.1) is 0 Å². The highest BCUT2D eigenvalue weighted by Gasteiger charge is 2.34. The van der Waals surface area contributed by atoms with Crippen LogP contribution in [-0.2, 0) is 28.6 Å². The van der Waals surface area contributed by atoms with Gasteiger partial charge < -0.3 is 14.6 Å². The largest absolute Gasteiger partial charge is 0.466 e. The van der Waals surface area contributed by atoms with Gasteiger partial charge in [-0.2, -0.15) is 4.76 Å². The predicted molar refractivity (Wildman–Crippen MR) is 96.1 cm³/mol. The Morgan fingerprint density at radius 3 is 2.64 bits per heavy atom. The summed E-state index contributed by atoms with van der Waals surface area (Å²) in [6, 6.07) is 4.47. The lowest BCUT2D eigenvalue weighted by Gasteiger charge is -2.25. The first-order valence-electron chi connectivity index (χ1n) is 7.55. The Labute approximate surface area is 146 Å². The molecule has 0 fully saturated rings. The van der Waals surface area contributed by atoms with E-state index >= 15 is 0 Å². The molecule has 2 N–H and O–H groups in total. The van der Waals surface area contributed by atoms with Crippen LogP contribution in [0.1, 0.15) is 20.3 Å². The first kappa shape index (κ1) is 19.4. The summed E-state index contributed by atoms with van der Waals surface area (Å²) < 4.78 is 52.5. The summed E-state index contributed by atoms with van der Waals surface area (Å²) in [4.78, 5) is 11.7. The number of sulfonamides is 1. The minimum absolute atomic E-state index is 0.136. The lowest BCUT2D eigenvalue weighted by atomic mass is 10.2. The van der Waals surface area contributed by atoms with Gasteiger partial charge in [0.25, 0.3) is 0 Å². The van der Waals surface area contributed by atoms with Crippen LogP contribution in [0.3, 0.4) is 0 Å². The SMILES string of the molecule is CCOC(=O)CC1=NP(=O)(OCC)c2cc(NS(C)(=O)=O)ccc2N1. The molecule has 1 unspecified atom stereocenters. The number of rotatable bonds is 7. The fraction of sp³-hybridized carbons (Fsp3) is 0.429. The molecule has 1 atom stereocenters. The number of esters is 1. The molecule has 2 rings (SSSR count). The van der Waals surface area contributed by atoms with E-state index in [0.717, 1.165) is 6.26 Å². The van der Waals surface area contributed by atoms with Crippen molar-refractivity contribution in [3.05, 3.63) is 18.2 Å². The molecular weight excluding hydrogens is 369 g/mol. The van der Waals surface area contributed by atoms with Crippen LogP contribution < -0.4 is 15.3 Å². The first-order chi connectivity index (χ1) is 11.7. The van der Waals surface area contributed by atoms with E-state index in [1.54, 1.807) is 19.9 Å². The fourth-order valence-electron chi connectivity index (χ4n) is 2.24. The number of ether oxygens (including phenoxy) is 1. The highest BCUT2D eigenvalue weighted by Crippen LogP contribution is 2.52. The summed E-state index contributed by atoms with van der Waals surface area (Å²) in [5, 5.41) is 3.14. The number of nitrogens with zero attached hydrogens (tertiary/aromatic N) is 1. The van der Waals surface area contributed by atoms with Crippen molar-refractivity contribution < 1.29 is 27.0 Å². The van der Waals surface area contributed by atoms with Gasteiger partial charge in [0.2, 0.25) is 10.0 Å². The van der Waals surface area contributed by atoms with Crippen molar-refractivity contribution in [1.29, 1.82) is 0 Å². The normalized spacial score (nSPS) is 19.4. The van der Waals surface area contributed by atoms with E-state index < -0.39 is 23.5 Å². The summed E-state index contributed by atoms with van der Waals surface area (Å²) >= 11 is 0. The van der Waals surface area contributed by atoms with Crippen LogP contribution in [0.5, 0.6) is 0 Å². The average molecular weight is 389 g/mol. The zero-order valence-electron chi connectivity index (χ0n) is 14.1. The van der Waals surface area contributed by atoms with E-state index in [1.165, 1.54) is 12.1 Å². The standard InChI is InChI=1S/C14H20N3O6PS/c1-4-22-14(18)9-13-15-11-7-6-10(17-25(3,20)21)8-12(11)24(19,16-13)23-5-2/h6-8,17H,4-5,9H2,1-3H3,(H,15,16,19). The molecule has 1 aromatic rings. The summed E-state index contributed by atoms with van der Waals surface area (Å²) in [5.41, 5.74) is 0.678. The Kier molecular flexibility index (Phi) is 5.87. The number of benzene rings is 1. The Morgan fingerprint density at radius 1 is 1.32 bits per heavy atom. The maximum absolute atomic E-state index is 13.1. The van der Waals surface area contributed by atoms with Crippen LogP contribution in [0.15, 0.2) is 23.0 Å². The van der Waals surface area contributed by atoms with Crippen molar-refractivity contribution in [1.82, 2.24) is 0 Å². The maximum Gasteiger partial charge on any atom is 0.348 e. The molecule has 138 valence electrons. The molecule has 0 saturated heterocycles. The molecule has 25 heavy (non-hydrogen) atoms. The van der Waals surface area contributed by atoms with Crippen molar-refractivity contribution in [2.75, 3.05) is 29.5 Å². The third-order valence-corrected chi connectivity index (χ3v) is 5.76. The Morgan fingerprint density at radius 2 is 2.04 bits per heavy atom. The average Bonchev–Trinajstić information content (AvgIpc) is 2.47. The van der Waals surface area contributed by atoms with Crippen molar-refractivity contribution in [2.45, 2.75) is 20.3 Å². The molecule has 1 aliphatic heterocycles. The quantitative estimate of drug-likeness (QED) is 0.537. The monoisotopic (exact) mass is 389 g/mol. The number of amidine groups is 1. The molecule has 1 aliphatic rings. The van der Waals surface area contributed by atoms with E-state index in [2.05, 4.69) is 14.8 Å². The number of fused-ring (bicyclic) bond motifs is 1.